The molecular formula is C26H29N5O. The zero-order valence-electron chi connectivity index (χ0n) is 18.4. The molecule has 0 bridgehead atoms. The maximum absolute atomic E-state index is 13.1. The van der Waals surface area contributed by atoms with Crippen LogP contribution < -0.4 is 5.32 Å². The summed E-state index contributed by atoms with van der Waals surface area (Å²) in [4.78, 5) is 22.1. The summed E-state index contributed by atoms with van der Waals surface area (Å²) in [6.07, 6.45) is 3.01. The first-order valence-electron chi connectivity index (χ1n) is 11.6. The van der Waals surface area contributed by atoms with E-state index in [0.29, 0.717) is 23.6 Å². The van der Waals surface area contributed by atoms with Crippen molar-refractivity contribution in [3.05, 3.63) is 64.7 Å². The molecule has 0 saturated carbocycles. The smallest absolute Gasteiger partial charge is 0.268 e. The second-order valence-corrected chi connectivity index (χ2v) is 9.02. The average Bonchev–Trinajstić information content (AvgIpc) is 3.29. The lowest BCUT2D eigenvalue weighted by Gasteiger charge is -2.34. The summed E-state index contributed by atoms with van der Waals surface area (Å²) in [5.41, 5.74) is 6.12. The SMILES string of the molecule is N#Cc1ccc(CN2CCN(C(=O)C3=Nc4ccc(C5CCNCC5)cc4C3)CC2)cc1. The number of rotatable bonds is 4. The van der Waals surface area contributed by atoms with E-state index in [1.165, 1.54) is 29.5 Å². The minimum atomic E-state index is 0.0858. The number of hydrogen-bond acceptors (Lipinski definition) is 5. The van der Waals surface area contributed by atoms with Crippen molar-refractivity contribution in [1.82, 2.24) is 15.1 Å². The number of nitriles is 1. The molecule has 0 radical (unpaired) electrons. The van der Waals surface area contributed by atoms with Crippen LogP contribution in [0.5, 0.6) is 0 Å². The minimum absolute atomic E-state index is 0.0858. The van der Waals surface area contributed by atoms with E-state index in [0.717, 1.165) is 51.5 Å². The van der Waals surface area contributed by atoms with Crippen LogP contribution in [0.25, 0.3) is 0 Å². The quantitative estimate of drug-likeness (QED) is 0.814. The van der Waals surface area contributed by atoms with E-state index < -0.39 is 0 Å². The van der Waals surface area contributed by atoms with E-state index in [4.69, 9.17) is 5.26 Å². The Bertz CT molecular complexity index is 1050. The molecule has 164 valence electrons. The van der Waals surface area contributed by atoms with Crippen LogP contribution in [0.15, 0.2) is 47.5 Å². The second kappa shape index (κ2) is 9.23. The van der Waals surface area contributed by atoms with Crippen LogP contribution >= 0.6 is 0 Å². The number of carbonyl (C=O) groups is 1. The molecule has 0 aliphatic carbocycles. The number of piperidine rings is 1. The van der Waals surface area contributed by atoms with Crippen molar-refractivity contribution in [2.24, 2.45) is 4.99 Å². The van der Waals surface area contributed by atoms with Gasteiger partial charge in [-0.3, -0.25) is 9.69 Å². The molecule has 2 fully saturated rings. The molecular weight excluding hydrogens is 398 g/mol. The van der Waals surface area contributed by atoms with Gasteiger partial charge in [-0.1, -0.05) is 24.3 Å². The fourth-order valence-electron chi connectivity index (χ4n) is 4.99. The molecule has 3 aliphatic heterocycles. The molecule has 5 rings (SSSR count). The summed E-state index contributed by atoms with van der Waals surface area (Å²) in [6.45, 7) is 6.17. The normalized spacial score (nSPS) is 19.3. The van der Waals surface area contributed by atoms with Gasteiger partial charge in [0.15, 0.2) is 0 Å². The lowest BCUT2D eigenvalue weighted by Crippen LogP contribution is -2.50. The fourth-order valence-corrected chi connectivity index (χ4v) is 4.99. The molecule has 0 spiro atoms. The number of hydrogen-bond donors (Lipinski definition) is 1. The van der Waals surface area contributed by atoms with Crippen molar-refractivity contribution >= 4 is 17.3 Å². The van der Waals surface area contributed by atoms with Crippen LogP contribution in [-0.2, 0) is 17.8 Å². The molecule has 1 N–H and O–H groups in total. The number of amides is 1. The maximum atomic E-state index is 13.1. The van der Waals surface area contributed by atoms with Gasteiger partial charge in [-0.25, -0.2) is 4.99 Å². The molecule has 2 aromatic rings. The van der Waals surface area contributed by atoms with Gasteiger partial charge in [-0.05, 0) is 66.7 Å². The molecule has 1 amide bonds. The van der Waals surface area contributed by atoms with Crippen LogP contribution in [0.2, 0.25) is 0 Å². The molecule has 3 heterocycles. The highest BCUT2D eigenvalue weighted by atomic mass is 16.2. The zero-order chi connectivity index (χ0) is 21.9. The van der Waals surface area contributed by atoms with Crippen LogP contribution in [0.1, 0.15) is 41.0 Å². The molecule has 2 saturated heterocycles. The summed E-state index contributed by atoms with van der Waals surface area (Å²) in [7, 11) is 0. The molecule has 6 heteroatoms. The largest absolute Gasteiger partial charge is 0.335 e. The molecule has 0 unspecified atom stereocenters. The zero-order valence-corrected chi connectivity index (χ0v) is 18.4. The summed E-state index contributed by atoms with van der Waals surface area (Å²) < 4.78 is 0. The Labute approximate surface area is 189 Å². The Balaban J connectivity index is 1.16. The van der Waals surface area contributed by atoms with Gasteiger partial charge in [0.1, 0.15) is 5.71 Å². The summed E-state index contributed by atoms with van der Waals surface area (Å²) in [6, 6.07) is 16.5. The third-order valence-electron chi connectivity index (χ3n) is 6.92. The van der Waals surface area contributed by atoms with Crippen LogP contribution in [0.3, 0.4) is 0 Å². The predicted molar refractivity (Wildman–Crippen MR) is 125 cm³/mol. The van der Waals surface area contributed by atoms with Gasteiger partial charge in [0.25, 0.3) is 5.91 Å². The Morgan fingerprint density at radius 2 is 1.81 bits per heavy atom. The maximum Gasteiger partial charge on any atom is 0.268 e. The molecule has 3 aliphatic rings. The third kappa shape index (κ3) is 4.45. The summed E-state index contributed by atoms with van der Waals surface area (Å²) >= 11 is 0. The van der Waals surface area contributed by atoms with E-state index in [1.807, 2.05) is 29.2 Å². The van der Waals surface area contributed by atoms with Crippen molar-refractivity contribution in [3.63, 3.8) is 0 Å². The lowest BCUT2D eigenvalue weighted by atomic mass is 9.89. The van der Waals surface area contributed by atoms with Crippen molar-refractivity contribution in [2.45, 2.75) is 31.7 Å². The van der Waals surface area contributed by atoms with E-state index in [2.05, 4.69) is 39.5 Å². The molecule has 2 aromatic carbocycles. The highest BCUT2D eigenvalue weighted by Gasteiger charge is 2.28. The summed E-state index contributed by atoms with van der Waals surface area (Å²) in [5, 5.41) is 12.4. The van der Waals surface area contributed by atoms with E-state index in [1.54, 1.807) is 0 Å². The Morgan fingerprint density at radius 3 is 2.53 bits per heavy atom. The van der Waals surface area contributed by atoms with Crippen LogP contribution in [0.4, 0.5) is 5.69 Å². The summed E-state index contributed by atoms with van der Waals surface area (Å²) in [5.74, 6) is 0.702. The van der Waals surface area contributed by atoms with Gasteiger partial charge in [0.2, 0.25) is 0 Å². The van der Waals surface area contributed by atoms with Crippen molar-refractivity contribution < 1.29 is 4.79 Å². The van der Waals surface area contributed by atoms with Gasteiger partial charge in [0, 0.05) is 39.1 Å². The first-order chi connectivity index (χ1) is 15.7. The van der Waals surface area contributed by atoms with Gasteiger partial charge in [0.05, 0.1) is 17.3 Å². The van der Waals surface area contributed by atoms with Crippen molar-refractivity contribution in [3.8, 4) is 6.07 Å². The number of benzene rings is 2. The van der Waals surface area contributed by atoms with E-state index in [9.17, 15) is 4.79 Å². The standard InChI is InChI=1S/C26H29N5O/c27-17-19-1-3-20(4-2-19)18-30-11-13-31(14-12-30)26(32)25-16-23-15-22(5-6-24(23)29-25)21-7-9-28-10-8-21/h1-6,15,21,28H,7-14,16,18H2. The van der Waals surface area contributed by atoms with Gasteiger partial charge in [-0.2, -0.15) is 5.26 Å². The van der Waals surface area contributed by atoms with Crippen LogP contribution in [0, 0.1) is 11.3 Å². The second-order valence-electron chi connectivity index (χ2n) is 9.02. The first-order valence-corrected chi connectivity index (χ1v) is 11.6. The number of fused-ring (bicyclic) bond motifs is 1. The lowest BCUT2D eigenvalue weighted by molar-refractivity contribution is -0.125. The Hall–Kier alpha value is -3.01. The highest BCUT2D eigenvalue weighted by Crippen LogP contribution is 2.33. The van der Waals surface area contributed by atoms with Crippen molar-refractivity contribution in [2.75, 3.05) is 39.3 Å². The Kier molecular flexibility index (Phi) is 6.02. The number of nitrogens with one attached hydrogen (secondary N) is 1. The molecule has 32 heavy (non-hydrogen) atoms. The minimum Gasteiger partial charge on any atom is -0.335 e. The van der Waals surface area contributed by atoms with E-state index >= 15 is 0 Å². The topological polar surface area (TPSA) is 71.7 Å². The number of piperazine rings is 1. The van der Waals surface area contributed by atoms with Crippen LogP contribution in [-0.4, -0.2) is 60.7 Å². The van der Waals surface area contributed by atoms with Gasteiger partial charge < -0.3 is 10.2 Å². The first kappa shape index (κ1) is 20.9. The average molecular weight is 428 g/mol. The predicted octanol–water partition coefficient (Wildman–Crippen LogP) is 3.00. The molecule has 6 nitrogen and oxygen atoms in total. The number of carbonyl (C=O) groups excluding carboxylic acids is 1. The highest BCUT2D eigenvalue weighted by molar-refractivity contribution is 6.40. The van der Waals surface area contributed by atoms with Gasteiger partial charge >= 0.3 is 0 Å². The number of aliphatic imine (C=N–C) groups is 1. The number of nitrogens with zero attached hydrogens (tertiary/aromatic N) is 4. The Morgan fingerprint density at radius 1 is 1.06 bits per heavy atom. The fraction of sp³-hybridized carbons (Fsp3) is 0.423. The molecule has 0 atom stereocenters. The van der Waals surface area contributed by atoms with Gasteiger partial charge in [-0.15, -0.1) is 0 Å². The van der Waals surface area contributed by atoms with Crippen molar-refractivity contribution in [1.29, 1.82) is 5.26 Å². The third-order valence-corrected chi connectivity index (χ3v) is 6.92. The monoisotopic (exact) mass is 427 g/mol. The molecule has 0 aromatic heterocycles. The van der Waals surface area contributed by atoms with E-state index in [-0.39, 0.29) is 5.91 Å².